The van der Waals surface area contributed by atoms with Gasteiger partial charge >= 0.3 is 0 Å². The zero-order valence-electron chi connectivity index (χ0n) is 9.37. The molecule has 0 atom stereocenters. The Kier molecular flexibility index (Phi) is 3.59. The van der Waals surface area contributed by atoms with Gasteiger partial charge in [-0.05, 0) is 37.3 Å². The third kappa shape index (κ3) is 3.43. The molecule has 0 aliphatic carbocycles. The smallest absolute Gasteiger partial charge is 0.126 e. The largest absolute Gasteiger partial charge is 0.379 e. The van der Waals surface area contributed by atoms with E-state index in [4.69, 9.17) is 11.6 Å². The molecule has 0 spiro atoms. The summed E-state index contributed by atoms with van der Waals surface area (Å²) in [5.74, 6) is -0.350. The van der Waals surface area contributed by atoms with E-state index < -0.39 is 0 Å². The normalized spacial score (nSPS) is 10.3. The zero-order valence-corrected chi connectivity index (χ0v) is 10.1. The lowest BCUT2D eigenvalue weighted by Crippen LogP contribution is -2.02. The highest BCUT2D eigenvalue weighted by Crippen LogP contribution is 2.18. The Labute approximate surface area is 104 Å². The molecule has 2 aromatic rings. The second-order valence-electron chi connectivity index (χ2n) is 3.78. The third-order valence-corrected chi connectivity index (χ3v) is 2.50. The van der Waals surface area contributed by atoms with Gasteiger partial charge in [0.05, 0.1) is 12.2 Å². The van der Waals surface area contributed by atoms with Gasteiger partial charge in [0.25, 0.3) is 0 Å². The minimum atomic E-state index is -0.350. The van der Waals surface area contributed by atoms with Crippen LogP contribution in [0.1, 0.15) is 11.4 Å². The van der Waals surface area contributed by atoms with Crippen molar-refractivity contribution in [2.75, 3.05) is 5.32 Å². The molecule has 0 amide bonds. The molecule has 0 fully saturated rings. The maximum absolute atomic E-state index is 13.1. The summed E-state index contributed by atoms with van der Waals surface area (Å²) >= 11 is 5.76. The first-order valence-corrected chi connectivity index (χ1v) is 5.64. The van der Waals surface area contributed by atoms with Crippen LogP contribution >= 0.6 is 11.6 Å². The first kappa shape index (κ1) is 11.9. The molecule has 0 saturated carbocycles. The van der Waals surface area contributed by atoms with Crippen LogP contribution < -0.4 is 5.32 Å². The van der Waals surface area contributed by atoms with Gasteiger partial charge in [-0.25, -0.2) is 4.39 Å². The summed E-state index contributed by atoms with van der Waals surface area (Å²) in [7, 11) is 0. The average molecular weight is 251 g/mol. The molecule has 0 aliphatic rings. The van der Waals surface area contributed by atoms with Crippen molar-refractivity contribution in [3.05, 3.63) is 58.6 Å². The second-order valence-corrected chi connectivity index (χ2v) is 4.22. The molecule has 4 heteroatoms. The predicted octanol–water partition coefficient (Wildman–Crippen LogP) is 3.79. The van der Waals surface area contributed by atoms with E-state index in [9.17, 15) is 4.39 Å². The highest BCUT2D eigenvalue weighted by molar-refractivity contribution is 6.30. The Morgan fingerprint density at radius 1 is 1.29 bits per heavy atom. The van der Waals surface area contributed by atoms with Crippen LogP contribution in [-0.2, 0) is 6.54 Å². The molecule has 0 unspecified atom stereocenters. The van der Waals surface area contributed by atoms with E-state index >= 15 is 0 Å². The number of rotatable bonds is 3. The summed E-state index contributed by atoms with van der Waals surface area (Å²) in [4.78, 5) is 4.34. The Balaban J connectivity index is 2.07. The minimum Gasteiger partial charge on any atom is -0.379 e. The number of hydrogen-bond acceptors (Lipinski definition) is 2. The van der Waals surface area contributed by atoms with Crippen molar-refractivity contribution >= 4 is 17.3 Å². The van der Waals surface area contributed by atoms with Gasteiger partial charge in [-0.1, -0.05) is 17.7 Å². The SMILES string of the molecule is Cc1cccc(CNc2cc(F)cc(Cl)c2)n1. The molecule has 1 heterocycles. The van der Waals surface area contributed by atoms with E-state index in [1.807, 2.05) is 25.1 Å². The molecule has 88 valence electrons. The van der Waals surface area contributed by atoms with Crippen LogP contribution in [0, 0.1) is 12.7 Å². The number of pyridine rings is 1. The Hall–Kier alpha value is -1.61. The molecule has 17 heavy (non-hydrogen) atoms. The van der Waals surface area contributed by atoms with Gasteiger partial charge in [0.1, 0.15) is 5.82 Å². The molecule has 0 radical (unpaired) electrons. The first-order valence-electron chi connectivity index (χ1n) is 5.26. The highest BCUT2D eigenvalue weighted by Gasteiger charge is 2.00. The number of nitrogens with one attached hydrogen (secondary N) is 1. The van der Waals surface area contributed by atoms with Crippen LogP contribution in [-0.4, -0.2) is 4.98 Å². The van der Waals surface area contributed by atoms with E-state index in [0.717, 1.165) is 11.4 Å². The molecule has 2 nitrogen and oxygen atoms in total. The standard InChI is InChI=1S/C13H12ClFN2/c1-9-3-2-4-12(17-9)8-16-13-6-10(14)5-11(15)7-13/h2-7,16H,8H2,1H3. The topological polar surface area (TPSA) is 24.9 Å². The summed E-state index contributed by atoms with van der Waals surface area (Å²) in [6, 6.07) is 10.2. The average Bonchev–Trinajstić information content (AvgIpc) is 2.25. The number of nitrogens with zero attached hydrogens (tertiary/aromatic N) is 1. The van der Waals surface area contributed by atoms with Crippen LogP contribution in [0.4, 0.5) is 10.1 Å². The Morgan fingerprint density at radius 2 is 2.12 bits per heavy atom. The maximum atomic E-state index is 13.1. The summed E-state index contributed by atoms with van der Waals surface area (Å²) in [5.41, 5.74) is 2.52. The monoisotopic (exact) mass is 250 g/mol. The molecule has 1 aromatic carbocycles. The summed E-state index contributed by atoms with van der Waals surface area (Å²) in [6.07, 6.45) is 0. The van der Waals surface area contributed by atoms with Gasteiger partial charge in [0.2, 0.25) is 0 Å². The maximum Gasteiger partial charge on any atom is 0.126 e. The van der Waals surface area contributed by atoms with E-state index in [1.54, 1.807) is 6.07 Å². The molecule has 1 aromatic heterocycles. The third-order valence-electron chi connectivity index (χ3n) is 2.28. The summed E-state index contributed by atoms with van der Waals surface area (Å²) in [6.45, 7) is 2.48. The van der Waals surface area contributed by atoms with Crippen LogP contribution in [0.25, 0.3) is 0 Å². The van der Waals surface area contributed by atoms with Crippen LogP contribution in [0.2, 0.25) is 5.02 Å². The van der Waals surface area contributed by atoms with Gasteiger partial charge in [-0.3, -0.25) is 4.98 Å². The first-order chi connectivity index (χ1) is 8.13. The van der Waals surface area contributed by atoms with Gasteiger partial charge in [-0.15, -0.1) is 0 Å². The molecular weight excluding hydrogens is 239 g/mol. The summed E-state index contributed by atoms with van der Waals surface area (Å²) < 4.78 is 13.1. The van der Waals surface area contributed by atoms with Crippen molar-refractivity contribution in [2.45, 2.75) is 13.5 Å². The number of anilines is 1. The van der Waals surface area contributed by atoms with Crippen molar-refractivity contribution in [2.24, 2.45) is 0 Å². The highest BCUT2D eigenvalue weighted by atomic mass is 35.5. The van der Waals surface area contributed by atoms with Crippen LogP contribution in [0.5, 0.6) is 0 Å². The van der Waals surface area contributed by atoms with Crippen LogP contribution in [0.15, 0.2) is 36.4 Å². The number of halogens is 2. The summed E-state index contributed by atoms with van der Waals surface area (Å²) in [5, 5.41) is 3.46. The van der Waals surface area contributed by atoms with E-state index in [-0.39, 0.29) is 5.82 Å². The number of aryl methyl sites for hydroxylation is 1. The van der Waals surface area contributed by atoms with Crippen molar-refractivity contribution in [3.8, 4) is 0 Å². The van der Waals surface area contributed by atoms with Gasteiger partial charge < -0.3 is 5.32 Å². The Bertz CT molecular complexity index is 508. The lowest BCUT2D eigenvalue weighted by atomic mass is 10.3. The molecule has 1 N–H and O–H groups in total. The van der Waals surface area contributed by atoms with Gasteiger partial charge in [-0.2, -0.15) is 0 Å². The Morgan fingerprint density at radius 3 is 2.82 bits per heavy atom. The minimum absolute atomic E-state index is 0.350. The van der Waals surface area contributed by atoms with E-state index in [0.29, 0.717) is 17.3 Å². The van der Waals surface area contributed by atoms with Gasteiger partial charge in [0, 0.05) is 16.4 Å². The fourth-order valence-electron chi connectivity index (χ4n) is 1.55. The fourth-order valence-corrected chi connectivity index (χ4v) is 1.77. The number of aromatic nitrogens is 1. The van der Waals surface area contributed by atoms with Crippen molar-refractivity contribution in [3.63, 3.8) is 0 Å². The molecule has 0 saturated heterocycles. The second kappa shape index (κ2) is 5.15. The predicted molar refractivity (Wildman–Crippen MR) is 67.7 cm³/mol. The zero-order chi connectivity index (χ0) is 12.3. The molecule has 2 rings (SSSR count). The lowest BCUT2D eigenvalue weighted by Gasteiger charge is -2.07. The quantitative estimate of drug-likeness (QED) is 0.896. The number of hydrogen-bond donors (Lipinski definition) is 1. The van der Waals surface area contributed by atoms with Crippen molar-refractivity contribution in [1.29, 1.82) is 0 Å². The van der Waals surface area contributed by atoms with Crippen molar-refractivity contribution < 1.29 is 4.39 Å². The fraction of sp³-hybridized carbons (Fsp3) is 0.154. The molecular formula is C13H12ClFN2. The van der Waals surface area contributed by atoms with Crippen molar-refractivity contribution in [1.82, 2.24) is 4.98 Å². The molecule has 0 aliphatic heterocycles. The lowest BCUT2D eigenvalue weighted by molar-refractivity contribution is 0.628. The van der Waals surface area contributed by atoms with Crippen LogP contribution in [0.3, 0.4) is 0 Å². The van der Waals surface area contributed by atoms with E-state index in [1.165, 1.54) is 12.1 Å². The van der Waals surface area contributed by atoms with Gasteiger partial charge in [0.15, 0.2) is 0 Å². The van der Waals surface area contributed by atoms with E-state index in [2.05, 4.69) is 10.3 Å². The molecule has 0 bridgehead atoms. The number of benzene rings is 1.